The normalized spacial score (nSPS) is 11.3. The summed E-state index contributed by atoms with van der Waals surface area (Å²) in [5.74, 6) is 0. The van der Waals surface area contributed by atoms with E-state index in [4.69, 9.17) is 0 Å². The van der Waals surface area contributed by atoms with Gasteiger partial charge in [0.15, 0.2) is 0 Å². The predicted molar refractivity (Wildman–Crippen MR) is 75.0 cm³/mol. The highest BCUT2D eigenvalue weighted by molar-refractivity contribution is 7.17. The first kappa shape index (κ1) is 10.2. The number of hydrogen-bond donors (Lipinski definition) is 0. The predicted octanol–water partition coefficient (Wildman–Crippen LogP) is 4.47. The molecule has 0 amide bonds. The van der Waals surface area contributed by atoms with E-state index in [1.165, 1.54) is 15.6 Å². The summed E-state index contributed by atoms with van der Waals surface area (Å²) in [5, 5.41) is 3.37. The maximum absolute atomic E-state index is 4.42. The Kier molecular flexibility index (Phi) is 2.72. The highest BCUT2D eigenvalue weighted by Crippen LogP contribution is 2.24. The summed E-state index contributed by atoms with van der Waals surface area (Å²) in [6.45, 7) is 0. The van der Waals surface area contributed by atoms with Crippen molar-refractivity contribution in [1.82, 2.24) is 4.98 Å². The highest BCUT2D eigenvalue weighted by atomic mass is 32.1. The summed E-state index contributed by atoms with van der Waals surface area (Å²) < 4.78 is 1.25. The van der Waals surface area contributed by atoms with Crippen LogP contribution in [0.25, 0.3) is 22.2 Å². The van der Waals surface area contributed by atoms with Crippen LogP contribution in [0.3, 0.4) is 0 Å². The molecule has 0 saturated heterocycles. The number of benzene rings is 1. The van der Waals surface area contributed by atoms with Gasteiger partial charge < -0.3 is 0 Å². The van der Waals surface area contributed by atoms with Crippen molar-refractivity contribution >= 4 is 33.6 Å². The smallest absolute Gasteiger partial charge is 0.0807 e. The number of nitrogens with zero attached hydrogens (tertiary/aromatic N) is 1. The Morgan fingerprint density at radius 1 is 0.941 bits per heavy atom. The van der Waals surface area contributed by atoms with Crippen LogP contribution in [0.4, 0.5) is 0 Å². The number of pyridine rings is 1. The van der Waals surface area contributed by atoms with Gasteiger partial charge in [-0.05, 0) is 34.5 Å². The molecule has 0 spiro atoms. The van der Waals surface area contributed by atoms with Gasteiger partial charge in [0.2, 0.25) is 0 Å². The zero-order valence-electron chi connectivity index (χ0n) is 9.21. The fourth-order valence-corrected chi connectivity index (χ4v) is 2.64. The Hall–Kier alpha value is -1.93. The van der Waals surface area contributed by atoms with Gasteiger partial charge in [-0.3, -0.25) is 4.98 Å². The third-order valence-corrected chi connectivity index (χ3v) is 3.58. The fourth-order valence-electron chi connectivity index (χ4n) is 1.77. The molecule has 3 rings (SSSR count). The molecule has 0 aliphatic carbocycles. The average molecular weight is 237 g/mol. The molecule has 0 N–H and O–H groups in total. The van der Waals surface area contributed by atoms with Crippen molar-refractivity contribution in [1.29, 1.82) is 0 Å². The molecule has 1 aromatic carbocycles. The Bertz CT molecular complexity index is 653. The first-order chi connectivity index (χ1) is 8.43. The summed E-state index contributed by atoms with van der Waals surface area (Å²) in [7, 11) is 0. The van der Waals surface area contributed by atoms with E-state index < -0.39 is 0 Å². The van der Waals surface area contributed by atoms with Gasteiger partial charge in [-0.1, -0.05) is 36.4 Å². The lowest BCUT2D eigenvalue weighted by atomic mass is 10.2. The average Bonchev–Trinajstić information content (AvgIpc) is 2.86. The third-order valence-electron chi connectivity index (χ3n) is 2.63. The van der Waals surface area contributed by atoms with Crippen LogP contribution in [0.2, 0.25) is 0 Å². The SMILES string of the molecule is C(=C/c1nccc2ccsc12)/c1ccccc1. The van der Waals surface area contributed by atoms with Gasteiger partial charge in [0.25, 0.3) is 0 Å². The van der Waals surface area contributed by atoms with Crippen molar-refractivity contribution in [3.63, 3.8) is 0 Å². The lowest BCUT2D eigenvalue weighted by Gasteiger charge is -1.95. The molecule has 3 aromatic rings. The van der Waals surface area contributed by atoms with Crippen molar-refractivity contribution in [2.75, 3.05) is 0 Å². The summed E-state index contributed by atoms with van der Waals surface area (Å²) in [6, 6.07) is 14.5. The number of hydrogen-bond acceptors (Lipinski definition) is 2. The number of rotatable bonds is 2. The molecular formula is C15H11NS. The summed E-state index contributed by atoms with van der Waals surface area (Å²) in [6.07, 6.45) is 6.04. The van der Waals surface area contributed by atoms with Crippen LogP contribution >= 0.6 is 11.3 Å². The standard InChI is InChI=1S/C15H11NS/c1-2-4-12(5-3-1)6-7-14-15-13(8-10-16-14)9-11-17-15/h1-11H/b7-6-. The molecule has 0 unspecified atom stereocenters. The first-order valence-corrected chi connectivity index (χ1v) is 6.37. The van der Waals surface area contributed by atoms with E-state index in [1.807, 2.05) is 30.5 Å². The van der Waals surface area contributed by atoms with Crippen LogP contribution in [0.1, 0.15) is 11.3 Å². The van der Waals surface area contributed by atoms with Gasteiger partial charge in [0.1, 0.15) is 0 Å². The van der Waals surface area contributed by atoms with Crippen LogP contribution in [0.5, 0.6) is 0 Å². The number of thiophene rings is 1. The highest BCUT2D eigenvalue weighted by Gasteiger charge is 1.99. The van der Waals surface area contributed by atoms with Gasteiger partial charge in [0, 0.05) is 6.20 Å². The van der Waals surface area contributed by atoms with Gasteiger partial charge in [-0.2, -0.15) is 0 Å². The molecule has 0 fully saturated rings. The molecular weight excluding hydrogens is 226 g/mol. The lowest BCUT2D eigenvalue weighted by Crippen LogP contribution is -1.79. The minimum atomic E-state index is 1.04. The van der Waals surface area contributed by atoms with Crippen molar-refractivity contribution in [3.05, 3.63) is 65.3 Å². The molecule has 0 aliphatic heterocycles. The van der Waals surface area contributed by atoms with Crippen molar-refractivity contribution in [2.45, 2.75) is 0 Å². The molecule has 1 nitrogen and oxygen atoms in total. The van der Waals surface area contributed by atoms with Crippen molar-refractivity contribution in [2.24, 2.45) is 0 Å². The Morgan fingerprint density at radius 2 is 1.82 bits per heavy atom. The number of fused-ring (bicyclic) bond motifs is 1. The topological polar surface area (TPSA) is 12.9 Å². The third kappa shape index (κ3) is 2.12. The molecule has 0 bridgehead atoms. The Morgan fingerprint density at radius 3 is 2.71 bits per heavy atom. The first-order valence-electron chi connectivity index (χ1n) is 5.49. The largest absolute Gasteiger partial charge is 0.255 e. The Labute approximate surface area is 104 Å². The molecule has 0 saturated carbocycles. The lowest BCUT2D eigenvalue weighted by molar-refractivity contribution is 1.34. The molecule has 0 atom stereocenters. The van der Waals surface area contributed by atoms with Crippen molar-refractivity contribution < 1.29 is 0 Å². The van der Waals surface area contributed by atoms with Crippen LogP contribution < -0.4 is 0 Å². The number of aromatic nitrogens is 1. The minimum absolute atomic E-state index is 1.04. The molecule has 0 radical (unpaired) electrons. The van der Waals surface area contributed by atoms with Gasteiger partial charge in [-0.15, -0.1) is 11.3 Å². The maximum Gasteiger partial charge on any atom is 0.0807 e. The summed E-state index contributed by atoms with van der Waals surface area (Å²) >= 11 is 1.74. The molecule has 82 valence electrons. The van der Waals surface area contributed by atoms with E-state index in [0.717, 1.165) is 5.69 Å². The van der Waals surface area contributed by atoms with Gasteiger partial charge >= 0.3 is 0 Å². The van der Waals surface area contributed by atoms with E-state index >= 15 is 0 Å². The molecule has 17 heavy (non-hydrogen) atoms. The van der Waals surface area contributed by atoms with Crippen LogP contribution in [-0.2, 0) is 0 Å². The van der Waals surface area contributed by atoms with Crippen LogP contribution in [0, 0.1) is 0 Å². The summed E-state index contributed by atoms with van der Waals surface area (Å²) in [5.41, 5.74) is 2.24. The van der Waals surface area contributed by atoms with Gasteiger partial charge in [-0.25, -0.2) is 0 Å². The maximum atomic E-state index is 4.42. The minimum Gasteiger partial charge on any atom is -0.255 e. The Balaban J connectivity index is 2.00. The van der Waals surface area contributed by atoms with Crippen LogP contribution in [-0.4, -0.2) is 4.98 Å². The van der Waals surface area contributed by atoms with E-state index in [0.29, 0.717) is 0 Å². The summed E-state index contributed by atoms with van der Waals surface area (Å²) in [4.78, 5) is 4.42. The second-order valence-corrected chi connectivity index (χ2v) is 4.70. The van der Waals surface area contributed by atoms with Gasteiger partial charge in [0.05, 0.1) is 10.4 Å². The molecule has 2 heterocycles. The zero-order chi connectivity index (χ0) is 11.5. The molecule has 2 heteroatoms. The van der Waals surface area contributed by atoms with E-state index in [2.05, 4.69) is 40.7 Å². The quantitative estimate of drug-likeness (QED) is 0.641. The second-order valence-electron chi connectivity index (χ2n) is 3.78. The van der Waals surface area contributed by atoms with E-state index in [9.17, 15) is 0 Å². The van der Waals surface area contributed by atoms with Crippen LogP contribution in [0.15, 0.2) is 54.0 Å². The molecule has 2 aromatic heterocycles. The molecule has 0 aliphatic rings. The zero-order valence-corrected chi connectivity index (χ0v) is 10.0. The second kappa shape index (κ2) is 4.52. The fraction of sp³-hybridized carbons (Fsp3) is 0. The van der Waals surface area contributed by atoms with E-state index in [-0.39, 0.29) is 0 Å². The van der Waals surface area contributed by atoms with Crippen molar-refractivity contribution in [3.8, 4) is 0 Å². The monoisotopic (exact) mass is 237 g/mol. The van der Waals surface area contributed by atoms with E-state index in [1.54, 1.807) is 11.3 Å².